The molecule has 7 heteroatoms. The van der Waals surface area contributed by atoms with Gasteiger partial charge in [-0.1, -0.05) is 12.1 Å². The number of nitrogens with two attached hydrogens (primary N) is 2. The molecule has 0 aromatic heterocycles. The van der Waals surface area contributed by atoms with Gasteiger partial charge in [-0.3, -0.25) is 4.79 Å². The summed E-state index contributed by atoms with van der Waals surface area (Å²) in [6.45, 7) is 0.801. The number of nitrogens with one attached hydrogen (secondary N) is 1. The van der Waals surface area contributed by atoms with Crippen LogP contribution in [-0.4, -0.2) is 33.2 Å². The summed E-state index contributed by atoms with van der Waals surface area (Å²) in [5, 5.41) is 7.52. The van der Waals surface area contributed by atoms with E-state index in [0.29, 0.717) is 24.9 Å². The van der Waals surface area contributed by atoms with Gasteiger partial charge in [0.05, 0.1) is 5.75 Å². The zero-order valence-corrected chi connectivity index (χ0v) is 11.4. The molecule has 0 fully saturated rings. The fourth-order valence-electron chi connectivity index (χ4n) is 1.61. The molecule has 0 saturated heterocycles. The van der Waals surface area contributed by atoms with E-state index in [1.807, 2.05) is 6.07 Å². The molecule has 0 bridgehead atoms. The molecule has 1 rings (SSSR count). The molecule has 1 amide bonds. The Morgan fingerprint density at radius 2 is 2.05 bits per heavy atom. The van der Waals surface area contributed by atoms with Gasteiger partial charge < -0.3 is 11.1 Å². The average Bonchev–Trinajstić information content (AvgIpc) is 2.34. The molecule has 0 heterocycles. The van der Waals surface area contributed by atoms with E-state index in [9.17, 15) is 13.2 Å². The van der Waals surface area contributed by atoms with Gasteiger partial charge in [-0.05, 0) is 37.1 Å². The van der Waals surface area contributed by atoms with Gasteiger partial charge >= 0.3 is 0 Å². The zero-order valence-electron chi connectivity index (χ0n) is 10.6. The van der Waals surface area contributed by atoms with Crippen LogP contribution in [0.5, 0.6) is 0 Å². The third-order valence-corrected chi connectivity index (χ3v) is 3.37. The highest BCUT2D eigenvalue weighted by molar-refractivity contribution is 7.89. The molecule has 0 aliphatic rings. The largest absolute Gasteiger partial charge is 0.352 e. The molecule has 106 valence electrons. The van der Waals surface area contributed by atoms with Crippen molar-refractivity contribution in [3.05, 3.63) is 35.4 Å². The van der Waals surface area contributed by atoms with Gasteiger partial charge in [0.1, 0.15) is 0 Å². The van der Waals surface area contributed by atoms with E-state index in [4.69, 9.17) is 10.9 Å². The maximum absolute atomic E-state index is 11.8. The minimum atomic E-state index is -3.47. The maximum Gasteiger partial charge on any atom is 0.251 e. The van der Waals surface area contributed by atoms with Crippen LogP contribution in [0.25, 0.3) is 0 Å². The minimum Gasteiger partial charge on any atom is -0.352 e. The summed E-state index contributed by atoms with van der Waals surface area (Å²) in [6.07, 6.45) is 1.01. The Morgan fingerprint density at radius 1 is 1.32 bits per heavy atom. The van der Waals surface area contributed by atoms with Gasteiger partial charge in [0, 0.05) is 12.1 Å². The predicted octanol–water partition coefficient (Wildman–Crippen LogP) is -0.404. The lowest BCUT2D eigenvalue weighted by molar-refractivity contribution is 0.0953. The summed E-state index contributed by atoms with van der Waals surface area (Å²) < 4.78 is 21.4. The molecule has 19 heavy (non-hydrogen) atoms. The smallest absolute Gasteiger partial charge is 0.251 e. The van der Waals surface area contributed by atoms with Crippen molar-refractivity contribution >= 4 is 15.9 Å². The quantitative estimate of drug-likeness (QED) is 0.591. The normalized spacial score (nSPS) is 11.3. The molecule has 0 atom stereocenters. The number of carbonyl (C=O) groups excluding carboxylic acids is 1. The average molecular weight is 285 g/mol. The van der Waals surface area contributed by atoms with Crippen LogP contribution in [-0.2, 0) is 16.4 Å². The number of primary sulfonamides is 1. The van der Waals surface area contributed by atoms with Crippen molar-refractivity contribution in [3.63, 3.8) is 0 Å². The third kappa shape index (κ3) is 6.32. The van der Waals surface area contributed by atoms with Crippen LogP contribution in [0, 0.1) is 0 Å². The van der Waals surface area contributed by atoms with E-state index < -0.39 is 10.0 Å². The number of hydrogen-bond acceptors (Lipinski definition) is 4. The third-order valence-electron chi connectivity index (χ3n) is 2.51. The summed E-state index contributed by atoms with van der Waals surface area (Å²) in [5.74, 6) is -0.367. The molecule has 0 radical (unpaired) electrons. The van der Waals surface area contributed by atoms with Gasteiger partial charge in [-0.2, -0.15) is 0 Å². The van der Waals surface area contributed by atoms with Crippen LogP contribution in [0.4, 0.5) is 0 Å². The van der Waals surface area contributed by atoms with Gasteiger partial charge in [0.15, 0.2) is 0 Å². The lowest BCUT2D eigenvalue weighted by atomic mass is 10.1. The Hall–Kier alpha value is -1.44. The lowest BCUT2D eigenvalue weighted by Gasteiger charge is -2.06. The van der Waals surface area contributed by atoms with Crippen molar-refractivity contribution in [2.45, 2.75) is 12.8 Å². The molecular formula is C12H19N3O3S. The second-order valence-electron chi connectivity index (χ2n) is 4.22. The molecule has 0 aliphatic heterocycles. The second kappa shape index (κ2) is 7.22. The van der Waals surface area contributed by atoms with Crippen LogP contribution in [0.3, 0.4) is 0 Å². The van der Waals surface area contributed by atoms with E-state index in [0.717, 1.165) is 5.56 Å². The van der Waals surface area contributed by atoms with Gasteiger partial charge in [-0.25, -0.2) is 13.6 Å². The second-order valence-corrected chi connectivity index (χ2v) is 5.95. The van der Waals surface area contributed by atoms with Crippen LogP contribution < -0.4 is 16.2 Å². The first-order valence-corrected chi connectivity index (χ1v) is 7.71. The lowest BCUT2D eigenvalue weighted by Crippen LogP contribution is -2.27. The molecule has 0 unspecified atom stereocenters. The number of carbonyl (C=O) groups is 1. The van der Waals surface area contributed by atoms with Crippen LogP contribution in [0.1, 0.15) is 22.3 Å². The standard InChI is InChI=1S/C12H19N3O3S/c13-6-5-10-3-1-4-11(9-10)12(16)15-7-2-8-19(14,17)18/h1,3-4,9H,2,5-8,13H2,(H,15,16)(H2,14,17,18). The predicted molar refractivity (Wildman–Crippen MR) is 74.1 cm³/mol. The van der Waals surface area contributed by atoms with E-state index in [1.54, 1.807) is 18.2 Å². The van der Waals surface area contributed by atoms with Crippen molar-refractivity contribution in [1.82, 2.24) is 5.32 Å². The monoisotopic (exact) mass is 285 g/mol. The Morgan fingerprint density at radius 3 is 2.68 bits per heavy atom. The van der Waals surface area contributed by atoms with E-state index in [1.165, 1.54) is 0 Å². The Balaban J connectivity index is 2.47. The van der Waals surface area contributed by atoms with Gasteiger partial charge in [0.2, 0.25) is 10.0 Å². The van der Waals surface area contributed by atoms with Crippen molar-refractivity contribution in [2.75, 3.05) is 18.8 Å². The van der Waals surface area contributed by atoms with Crippen LogP contribution in [0.15, 0.2) is 24.3 Å². The molecule has 5 N–H and O–H groups in total. The highest BCUT2D eigenvalue weighted by Gasteiger charge is 2.07. The molecule has 6 nitrogen and oxygen atoms in total. The van der Waals surface area contributed by atoms with Gasteiger partial charge in [-0.15, -0.1) is 0 Å². The molecular weight excluding hydrogens is 266 g/mol. The summed E-state index contributed by atoms with van der Waals surface area (Å²) >= 11 is 0. The molecule has 0 aliphatic carbocycles. The summed E-state index contributed by atoms with van der Waals surface area (Å²) in [5.41, 5.74) is 7.00. The Bertz CT molecular complexity index is 529. The first kappa shape index (κ1) is 15.6. The Kier molecular flexibility index (Phi) is 5.94. The van der Waals surface area contributed by atoms with Gasteiger partial charge in [0.25, 0.3) is 5.91 Å². The highest BCUT2D eigenvalue weighted by Crippen LogP contribution is 2.05. The topological polar surface area (TPSA) is 115 Å². The number of benzene rings is 1. The fraction of sp³-hybridized carbons (Fsp3) is 0.417. The molecule has 0 saturated carbocycles. The SMILES string of the molecule is NCCc1cccc(C(=O)NCCCS(N)(=O)=O)c1. The first-order chi connectivity index (χ1) is 8.92. The van der Waals surface area contributed by atoms with Crippen molar-refractivity contribution in [2.24, 2.45) is 10.9 Å². The van der Waals surface area contributed by atoms with E-state index in [2.05, 4.69) is 5.32 Å². The molecule has 1 aromatic carbocycles. The van der Waals surface area contributed by atoms with Crippen molar-refractivity contribution in [3.8, 4) is 0 Å². The number of hydrogen-bond donors (Lipinski definition) is 3. The van der Waals surface area contributed by atoms with Crippen LogP contribution >= 0.6 is 0 Å². The fourth-order valence-corrected chi connectivity index (χ4v) is 2.16. The minimum absolute atomic E-state index is 0.138. The maximum atomic E-state index is 11.8. The molecule has 0 spiro atoms. The summed E-state index contributed by atoms with van der Waals surface area (Å²) in [7, 11) is -3.47. The number of sulfonamides is 1. The number of amides is 1. The Labute approximate surface area is 113 Å². The van der Waals surface area contributed by atoms with Crippen LogP contribution in [0.2, 0.25) is 0 Å². The van der Waals surface area contributed by atoms with Crippen molar-refractivity contribution < 1.29 is 13.2 Å². The molecule has 1 aromatic rings. The summed E-state index contributed by atoms with van der Waals surface area (Å²) in [6, 6.07) is 7.19. The van der Waals surface area contributed by atoms with E-state index in [-0.39, 0.29) is 18.2 Å². The first-order valence-electron chi connectivity index (χ1n) is 6.00. The van der Waals surface area contributed by atoms with Crippen molar-refractivity contribution in [1.29, 1.82) is 0 Å². The summed E-state index contributed by atoms with van der Waals surface area (Å²) in [4.78, 5) is 11.8. The zero-order chi connectivity index (χ0) is 14.3. The van der Waals surface area contributed by atoms with E-state index >= 15 is 0 Å². The number of rotatable bonds is 7. The highest BCUT2D eigenvalue weighted by atomic mass is 32.2.